The zero-order valence-electron chi connectivity index (χ0n) is 14.6. The van der Waals surface area contributed by atoms with E-state index in [4.69, 9.17) is 21.2 Å². The first kappa shape index (κ1) is 18.0. The number of halogens is 1. The molecule has 0 heterocycles. The minimum Gasteiger partial charge on any atom is -0.457 e. The van der Waals surface area contributed by atoms with Crippen LogP contribution >= 0.6 is 11.6 Å². The van der Waals surface area contributed by atoms with Crippen molar-refractivity contribution >= 4 is 17.3 Å². The van der Waals surface area contributed by atoms with E-state index in [0.29, 0.717) is 11.6 Å². The predicted octanol–water partition coefficient (Wildman–Crippen LogP) is 6.46. The average molecular weight is 366 g/mol. The molecule has 3 nitrogen and oxygen atoms in total. The Bertz CT molecular complexity index is 861. The fraction of sp³-hybridized carbons (Fsp3) is 0.136. The molecule has 0 atom stereocenters. The molecule has 3 aromatic rings. The molecule has 0 N–H and O–H groups in total. The number of rotatable bonds is 7. The molecule has 3 aromatic carbocycles. The van der Waals surface area contributed by atoms with Gasteiger partial charge in [0.25, 0.3) is 0 Å². The van der Waals surface area contributed by atoms with Crippen LogP contribution in [0.3, 0.4) is 0 Å². The first-order valence-corrected chi connectivity index (χ1v) is 8.89. The van der Waals surface area contributed by atoms with Crippen molar-refractivity contribution in [3.63, 3.8) is 0 Å². The van der Waals surface area contributed by atoms with Crippen LogP contribution in [0.1, 0.15) is 24.5 Å². The molecular formula is C22H20ClNO2. The summed E-state index contributed by atoms with van der Waals surface area (Å²) in [5.74, 6) is 1.58. The van der Waals surface area contributed by atoms with E-state index < -0.39 is 0 Å². The quantitative estimate of drug-likeness (QED) is 0.355. The minimum atomic E-state index is 0.378. The van der Waals surface area contributed by atoms with Gasteiger partial charge in [-0.3, -0.25) is 0 Å². The molecule has 0 aromatic heterocycles. The standard InChI is InChI=1S/C22H20ClNO2/c1-2-22(18-11-13-19(23)14-12-18)24-25-16-17-7-6-10-21(15-17)26-20-8-4-3-5-9-20/h3-15H,2,16H2,1H3/b24-22+. The number of nitrogens with zero attached hydrogens (tertiary/aromatic N) is 1. The second kappa shape index (κ2) is 9.07. The van der Waals surface area contributed by atoms with Gasteiger partial charge in [0.05, 0.1) is 5.71 Å². The van der Waals surface area contributed by atoms with Gasteiger partial charge in [-0.25, -0.2) is 0 Å². The number of oxime groups is 1. The first-order valence-electron chi connectivity index (χ1n) is 8.51. The SMILES string of the molecule is CC/C(=N\OCc1cccc(Oc2ccccc2)c1)c1ccc(Cl)cc1. The Kier molecular flexibility index (Phi) is 6.29. The summed E-state index contributed by atoms with van der Waals surface area (Å²) >= 11 is 5.93. The third kappa shape index (κ3) is 5.11. The Morgan fingerprint density at radius 1 is 0.885 bits per heavy atom. The zero-order valence-corrected chi connectivity index (χ0v) is 15.3. The molecule has 4 heteroatoms. The predicted molar refractivity (Wildman–Crippen MR) is 106 cm³/mol. The van der Waals surface area contributed by atoms with Crippen LogP contribution in [0.4, 0.5) is 0 Å². The van der Waals surface area contributed by atoms with Crippen LogP contribution in [0, 0.1) is 0 Å². The van der Waals surface area contributed by atoms with Crippen molar-refractivity contribution in [2.24, 2.45) is 5.16 Å². The van der Waals surface area contributed by atoms with Gasteiger partial charge in [0.1, 0.15) is 18.1 Å². The van der Waals surface area contributed by atoms with Crippen LogP contribution in [0.15, 0.2) is 84.0 Å². The lowest BCUT2D eigenvalue weighted by Gasteiger charge is -2.08. The van der Waals surface area contributed by atoms with Crippen molar-refractivity contribution < 1.29 is 9.57 Å². The van der Waals surface area contributed by atoms with Crippen LogP contribution in [0.25, 0.3) is 0 Å². The summed E-state index contributed by atoms with van der Waals surface area (Å²) in [5, 5.41) is 4.99. The second-order valence-corrected chi connectivity index (χ2v) is 6.17. The summed E-state index contributed by atoms with van der Waals surface area (Å²) in [6, 6.07) is 25.1. The lowest BCUT2D eigenvalue weighted by Crippen LogP contribution is -2.00. The topological polar surface area (TPSA) is 30.8 Å². The smallest absolute Gasteiger partial charge is 0.142 e. The molecule has 3 rings (SSSR count). The molecule has 0 fully saturated rings. The molecule has 0 aliphatic carbocycles. The van der Waals surface area contributed by atoms with Crippen LogP contribution in [0.5, 0.6) is 11.5 Å². The van der Waals surface area contributed by atoms with Gasteiger partial charge < -0.3 is 9.57 Å². The summed E-state index contributed by atoms with van der Waals surface area (Å²) in [6.45, 7) is 2.42. The number of hydrogen-bond donors (Lipinski definition) is 0. The number of para-hydroxylation sites is 1. The third-order valence-corrected chi connectivity index (χ3v) is 4.05. The van der Waals surface area contributed by atoms with Crippen molar-refractivity contribution in [1.29, 1.82) is 0 Å². The van der Waals surface area contributed by atoms with E-state index in [1.165, 1.54) is 0 Å². The molecule has 0 amide bonds. The number of benzene rings is 3. The molecule has 132 valence electrons. The van der Waals surface area contributed by atoms with E-state index in [1.54, 1.807) is 0 Å². The van der Waals surface area contributed by atoms with Gasteiger partial charge in [-0.05, 0) is 53.9 Å². The lowest BCUT2D eigenvalue weighted by atomic mass is 10.1. The van der Waals surface area contributed by atoms with Crippen molar-refractivity contribution in [3.05, 3.63) is 95.0 Å². The lowest BCUT2D eigenvalue weighted by molar-refractivity contribution is 0.130. The van der Waals surface area contributed by atoms with E-state index in [9.17, 15) is 0 Å². The van der Waals surface area contributed by atoms with Crippen LogP contribution in [-0.4, -0.2) is 5.71 Å². The molecule has 0 radical (unpaired) electrons. The van der Waals surface area contributed by atoms with Gasteiger partial charge in [-0.1, -0.05) is 66.1 Å². The van der Waals surface area contributed by atoms with E-state index in [2.05, 4.69) is 5.16 Å². The van der Waals surface area contributed by atoms with E-state index >= 15 is 0 Å². The van der Waals surface area contributed by atoms with Gasteiger partial charge in [-0.15, -0.1) is 0 Å². The Morgan fingerprint density at radius 2 is 1.62 bits per heavy atom. The molecule has 0 saturated carbocycles. The van der Waals surface area contributed by atoms with Gasteiger partial charge in [-0.2, -0.15) is 0 Å². The molecule has 0 aliphatic heterocycles. The highest BCUT2D eigenvalue weighted by molar-refractivity contribution is 6.30. The molecule has 0 saturated heterocycles. The molecule has 0 aliphatic rings. The van der Waals surface area contributed by atoms with Gasteiger partial charge in [0.15, 0.2) is 0 Å². The summed E-state index contributed by atoms with van der Waals surface area (Å²) < 4.78 is 5.84. The molecule has 0 bridgehead atoms. The molecular weight excluding hydrogens is 346 g/mol. The monoisotopic (exact) mass is 365 g/mol. The number of ether oxygens (including phenoxy) is 1. The largest absolute Gasteiger partial charge is 0.457 e. The van der Waals surface area contributed by atoms with Gasteiger partial charge in [0, 0.05) is 5.02 Å². The minimum absolute atomic E-state index is 0.378. The van der Waals surface area contributed by atoms with Gasteiger partial charge in [0.2, 0.25) is 0 Å². The van der Waals surface area contributed by atoms with Crippen LogP contribution in [0.2, 0.25) is 5.02 Å². The fourth-order valence-electron chi connectivity index (χ4n) is 2.47. The van der Waals surface area contributed by atoms with E-state index in [0.717, 1.165) is 34.8 Å². The Labute approximate surface area is 158 Å². The van der Waals surface area contributed by atoms with Crippen molar-refractivity contribution in [3.8, 4) is 11.5 Å². The highest BCUT2D eigenvalue weighted by Gasteiger charge is 2.03. The maximum Gasteiger partial charge on any atom is 0.142 e. The maximum absolute atomic E-state index is 5.93. The first-order chi connectivity index (χ1) is 12.7. The molecule has 26 heavy (non-hydrogen) atoms. The third-order valence-electron chi connectivity index (χ3n) is 3.80. The van der Waals surface area contributed by atoms with Crippen molar-refractivity contribution in [1.82, 2.24) is 0 Å². The fourth-order valence-corrected chi connectivity index (χ4v) is 2.60. The number of hydrogen-bond acceptors (Lipinski definition) is 3. The average Bonchev–Trinajstić information content (AvgIpc) is 2.67. The Balaban J connectivity index is 1.63. The summed E-state index contributed by atoms with van der Waals surface area (Å²) in [7, 11) is 0. The summed E-state index contributed by atoms with van der Waals surface area (Å²) in [6.07, 6.45) is 0.777. The zero-order chi connectivity index (χ0) is 18.2. The maximum atomic E-state index is 5.93. The summed E-state index contributed by atoms with van der Waals surface area (Å²) in [4.78, 5) is 5.56. The summed E-state index contributed by atoms with van der Waals surface area (Å²) in [5.41, 5.74) is 2.89. The van der Waals surface area contributed by atoms with E-state index in [1.807, 2.05) is 85.8 Å². The molecule has 0 unspecified atom stereocenters. The molecule has 0 spiro atoms. The second-order valence-electron chi connectivity index (χ2n) is 5.73. The van der Waals surface area contributed by atoms with Crippen molar-refractivity contribution in [2.45, 2.75) is 20.0 Å². The normalized spacial score (nSPS) is 11.2. The van der Waals surface area contributed by atoms with E-state index in [-0.39, 0.29) is 0 Å². The van der Waals surface area contributed by atoms with Crippen LogP contribution in [-0.2, 0) is 11.4 Å². The van der Waals surface area contributed by atoms with Gasteiger partial charge >= 0.3 is 0 Å². The Hall–Kier alpha value is -2.78. The van der Waals surface area contributed by atoms with Crippen molar-refractivity contribution in [2.75, 3.05) is 0 Å². The Morgan fingerprint density at radius 3 is 2.35 bits per heavy atom. The van der Waals surface area contributed by atoms with Crippen LogP contribution < -0.4 is 4.74 Å². The highest BCUT2D eigenvalue weighted by atomic mass is 35.5. The highest BCUT2D eigenvalue weighted by Crippen LogP contribution is 2.22.